The molecule has 0 bridgehead atoms. The average Bonchev–Trinajstić information content (AvgIpc) is 2.27. The van der Waals surface area contributed by atoms with Gasteiger partial charge in [0.15, 0.2) is 6.61 Å². The molecule has 0 aliphatic carbocycles. The lowest BCUT2D eigenvalue weighted by Crippen LogP contribution is -2.33. The van der Waals surface area contributed by atoms with Crippen molar-refractivity contribution in [2.75, 3.05) is 6.61 Å². The Morgan fingerprint density at radius 3 is 2.25 bits per heavy atom. The smallest absolute Gasteiger partial charge is 0.340 e. The molecule has 1 aromatic rings. The van der Waals surface area contributed by atoms with Gasteiger partial charge >= 0.3 is 12.3 Å². The lowest BCUT2D eigenvalue weighted by Gasteiger charge is -2.15. The van der Waals surface area contributed by atoms with Crippen molar-refractivity contribution in [1.29, 1.82) is 5.26 Å². The predicted molar refractivity (Wildman–Crippen MR) is 47.6 cm³/mol. The van der Waals surface area contributed by atoms with Crippen molar-refractivity contribution in [2.45, 2.75) is 12.3 Å². The number of hydrogen-bond acceptors (Lipinski definition) is 2. The van der Waals surface area contributed by atoms with E-state index < -0.39 is 19.0 Å². The molecule has 0 radical (unpaired) electrons. The van der Waals surface area contributed by atoms with Gasteiger partial charge in [0.05, 0.1) is 11.6 Å². The van der Waals surface area contributed by atoms with Gasteiger partial charge in [0.2, 0.25) is 0 Å². The summed E-state index contributed by atoms with van der Waals surface area (Å²) in [6, 6.07) is 7.04. The lowest BCUT2D eigenvalue weighted by molar-refractivity contribution is -0.148. The summed E-state index contributed by atoms with van der Waals surface area (Å²) in [7, 11) is 0. The van der Waals surface area contributed by atoms with Crippen LogP contribution < -0.4 is 4.74 Å². The van der Waals surface area contributed by atoms with Crippen molar-refractivity contribution < 1.29 is 22.3 Å². The van der Waals surface area contributed by atoms with Crippen LogP contribution in [0.5, 0.6) is 5.75 Å². The fraction of sp³-hybridized carbons (Fsp3) is 0.300. The minimum Gasteiger partial charge on any atom is -0.487 e. The van der Waals surface area contributed by atoms with Gasteiger partial charge in [-0.05, 0) is 24.3 Å². The van der Waals surface area contributed by atoms with E-state index in [0.29, 0.717) is 5.56 Å². The molecule has 0 unspecified atom stereocenters. The Morgan fingerprint density at radius 1 is 1.25 bits per heavy atom. The first-order valence-corrected chi connectivity index (χ1v) is 4.24. The summed E-state index contributed by atoms with van der Waals surface area (Å²) in [5.41, 5.74) is 0.327. The molecule has 0 saturated carbocycles. The SMILES string of the molecule is N#Cc1ccc(OCC(F)(F)C(F)F)cc1. The average molecular weight is 233 g/mol. The second kappa shape index (κ2) is 4.84. The van der Waals surface area contributed by atoms with E-state index in [9.17, 15) is 17.6 Å². The zero-order valence-corrected chi connectivity index (χ0v) is 7.96. The summed E-state index contributed by atoms with van der Waals surface area (Å²) in [6.07, 6.45) is -3.76. The van der Waals surface area contributed by atoms with E-state index in [4.69, 9.17) is 5.26 Å². The van der Waals surface area contributed by atoms with Gasteiger partial charge in [-0.25, -0.2) is 8.78 Å². The Kier molecular flexibility index (Phi) is 3.72. The standard InChI is InChI=1S/C10H7F4NO/c11-9(12)10(13,14)6-16-8-3-1-7(5-15)2-4-8/h1-4,9H,6H2. The molecule has 0 aliphatic rings. The van der Waals surface area contributed by atoms with Crippen LogP contribution in [0, 0.1) is 11.3 Å². The predicted octanol–water partition coefficient (Wildman–Crippen LogP) is 2.84. The minimum atomic E-state index is -4.17. The van der Waals surface area contributed by atoms with Gasteiger partial charge in [0, 0.05) is 0 Å². The molecule has 0 atom stereocenters. The molecule has 0 aromatic heterocycles. The molecule has 0 heterocycles. The summed E-state index contributed by atoms with van der Waals surface area (Å²) in [6.45, 7) is -1.39. The highest BCUT2D eigenvalue weighted by atomic mass is 19.3. The fourth-order valence-electron chi connectivity index (χ4n) is 0.868. The fourth-order valence-corrected chi connectivity index (χ4v) is 0.868. The molecule has 86 valence electrons. The van der Waals surface area contributed by atoms with E-state index >= 15 is 0 Å². The van der Waals surface area contributed by atoms with E-state index in [1.807, 2.05) is 6.07 Å². The number of nitriles is 1. The summed E-state index contributed by atoms with van der Waals surface area (Å²) < 4.78 is 52.9. The van der Waals surface area contributed by atoms with Crippen molar-refractivity contribution in [2.24, 2.45) is 0 Å². The summed E-state index contributed by atoms with van der Waals surface area (Å²) >= 11 is 0. The van der Waals surface area contributed by atoms with Crippen molar-refractivity contribution in [3.8, 4) is 11.8 Å². The second-order valence-electron chi connectivity index (χ2n) is 2.99. The highest BCUT2D eigenvalue weighted by Crippen LogP contribution is 2.24. The molecule has 0 amide bonds. The molecule has 0 saturated heterocycles. The molecule has 0 fully saturated rings. The van der Waals surface area contributed by atoms with E-state index in [0.717, 1.165) is 0 Å². The maximum Gasteiger partial charge on any atom is 0.340 e. The first-order chi connectivity index (χ1) is 7.45. The monoisotopic (exact) mass is 233 g/mol. The minimum absolute atomic E-state index is 0.0133. The summed E-state index contributed by atoms with van der Waals surface area (Å²) in [4.78, 5) is 0. The number of ether oxygens (including phenoxy) is 1. The van der Waals surface area contributed by atoms with Gasteiger partial charge in [-0.2, -0.15) is 14.0 Å². The lowest BCUT2D eigenvalue weighted by atomic mass is 10.2. The molecule has 0 aliphatic heterocycles. The molecular weight excluding hydrogens is 226 g/mol. The largest absolute Gasteiger partial charge is 0.487 e. The zero-order chi connectivity index (χ0) is 12.2. The van der Waals surface area contributed by atoms with Gasteiger partial charge < -0.3 is 4.74 Å². The molecule has 16 heavy (non-hydrogen) atoms. The third kappa shape index (κ3) is 3.12. The maximum atomic E-state index is 12.5. The number of alkyl halides is 4. The Bertz CT molecular complexity index is 383. The first-order valence-electron chi connectivity index (χ1n) is 4.24. The topological polar surface area (TPSA) is 33.0 Å². The quantitative estimate of drug-likeness (QED) is 0.749. The Labute approximate surface area is 89.1 Å². The first kappa shape index (κ1) is 12.3. The van der Waals surface area contributed by atoms with Crippen LogP contribution in [0.25, 0.3) is 0 Å². The van der Waals surface area contributed by atoms with Gasteiger partial charge in [-0.1, -0.05) is 0 Å². The molecule has 6 heteroatoms. The molecule has 1 rings (SSSR count). The summed E-state index contributed by atoms with van der Waals surface area (Å²) in [5, 5.41) is 8.45. The molecule has 0 N–H and O–H groups in total. The van der Waals surface area contributed by atoms with Crippen LogP contribution in [0.15, 0.2) is 24.3 Å². The van der Waals surface area contributed by atoms with Gasteiger partial charge in [0.1, 0.15) is 5.75 Å². The maximum absolute atomic E-state index is 12.5. The highest BCUT2D eigenvalue weighted by Gasteiger charge is 2.41. The van der Waals surface area contributed by atoms with Gasteiger partial charge in [-0.3, -0.25) is 0 Å². The van der Waals surface area contributed by atoms with Crippen LogP contribution in [0.4, 0.5) is 17.6 Å². The number of rotatable bonds is 4. The number of hydrogen-bond donors (Lipinski definition) is 0. The van der Waals surface area contributed by atoms with Crippen LogP contribution in [0.1, 0.15) is 5.56 Å². The Balaban J connectivity index is 2.59. The van der Waals surface area contributed by atoms with E-state index in [1.165, 1.54) is 24.3 Å². The normalized spacial score (nSPS) is 11.2. The Morgan fingerprint density at radius 2 is 1.81 bits per heavy atom. The van der Waals surface area contributed by atoms with Gasteiger partial charge in [-0.15, -0.1) is 0 Å². The number of halogens is 4. The van der Waals surface area contributed by atoms with Crippen molar-refractivity contribution in [3.63, 3.8) is 0 Å². The molecule has 2 nitrogen and oxygen atoms in total. The van der Waals surface area contributed by atoms with E-state index in [2.05, 4.69) is 4.74 Å². The molecular formula is C10H7F4NO. The zero-order valence-electron chi connectivity index (χ0n) is 7.96. The third-order valence-corrected chi connectivity index (χ3v) is 1.73. The van der Waals surface area contributed by atoms with Crippen LogP contribution in [-0.4, -0.2) is 19.0 Å². The number of nitrogens with zero attached hydrogens (tertiary/aromatic N) is 1. The van der Waals surface area contributed by atoms with Crippen molar-refractivity contribution in [3.05, 3.63) is 29.8 Å². The van der Waals surface area contributed by atoms with E-state index in [1.54, 1.807) is 0 Å². The van der Waals surface area contributed by atoms with Crippen LogP contribution in [-0.2, 0) is 0 Å². The van der Waals surface area contributed by atoms with Crippen molar-refractivity contribution >= 4 is 0 Å². The molecule has 0 spiro atoms. The van der Waals surface area contributed by atoms with Crippen LogP contribution in [0.2, 0.25) is 0 Å². The van der Waals surface area contributed by atoms with Crippen molar-refractivity contribution in [1.82, 2.24) is 0 Å². The van der Waals surface area contributed by atoms with E-state index in [-0.39, 0.29) is 5.75 Å². The van der Waals surface area contributed by atoms with Crippen LogP contribution in [0.3, 0.4) is 0 Å². The van der Waals surface area contributed by atoms with Crippen LogP contribution >= 0.6 is 0 Å². The highest BCUT2D eigenvalue weighted by molar-refractivity contribution is 5.34. The summed E-state index contributed by atoms with van der Waals surface area (Å²) in [5.74, 6) is -4.16. The van der Waals surface area contributed by atoms with Gasteiger partial charge in [0.25, 0.3) is 0 Å². The second-order valence-corrected chi connectivity index (χ2v) is 2.99. The Hall–Kier alpha value is -1.77. The molecule has 1 aromatic carbocycles. The number of benzene rings is 1. The third-order valence-electron chi connectivity index (χ3n) is 1.73.